The van der Waals surface area contributed by atoms with E-state index >= 15 is 0 Å². The van der Waals surface area contributed by atoms with Crippen LogP contribution in [0.2, 0.25) is 0 Å². The molecule has 6 nitrogen and oxygen atoms in total. The Bertz CT molecular complexity index is 1090. The molecule has 0 fully saturated rings. The molecule has 138 valence electrons. The number of anilines is 2. The van der Waals surface area contributed by atoms with E-state index in [1.807, 2.05) is 6.07 Å². The van der Waals surface area contributed by atoms with Crippen molar-refractivity contribution in [3.05, 3.63) is 54.4 Å². The van der Waals surface area contributed by atoms with Crippen LogP contribution in [0.15, 0.2) is 47.2 Å². The van der Waals surface area contributed by atoms with E-state index in [2.05, 4.69) is 20.3 Å². The molecule has 0 saturated carbocycles. The van der Waals surface area contributed by atoms with Gasteiger partial charge >= 0.3 is 6.18 Å². The molecule has 0 aliphatic carbocycles. The second-order valence-electron chi connectivity index (χ2n) is 5.60. The minimum Gasteiger partial charge on any atom is -0.447 e. The first-order valence-corrected chi connectivity index (χ1v) is 8.59. The monoisotopic (exact) mass is 391 g/mol. The molecule has 27 heavy (non-hydrogen) atoms. The summed E-state index contributed by atoms with van der Waals surface area (Å²) in [4.78, 5) is 11.9. The molecule has 0 aliphatic rings. The van der Waals surface area contributed by atoms with Crippen molar-refractivity contribution in [1.82, 2.24) is 15.0 Å². The first-order valence-electron chi connectivity index (χ1n) is 7.77. The molecule has 3 N–H and O–H groups in total. The van der Waals surface area contributed by atoms with Crippen molar-refractivity contribution in [2.75, 3.05) is 11.1 Å². The molecule has 0 unspecified atom stereocenters. The van der Waals surface area contributed by atoms with Crippen LogP contribution >= 0.6 is 11.3 Å². The van der Waals surface area contributed by atoms with Gasteiger partial charge in [0.1, 0.15) is 17.8 Å². The van der Waals surface area contributed by atoms with Crippen molar-refractivity contribution in [1.29, 1.82) is 0 Å². The van der Waals surface area contributed by atoms with Crippen molar-refractivity contribution < 1.29 is 17.6 Å². The third-order valence-electron chi connectivity index (χ3n) is 3.79. The van der Waals surface area contributed by atoms with Gasteiger partial charge in [-0.05, 0) is 29.8 Å². The zero-order chi connectivity index (χ0) is 19.0. The van der Waals surface area contributed by atoms with E-state index in [4.69, 9.17) is 10.2 Å². The lowest BCUT2D eigenvalue weighted by Gasteiger charge is -2.14. The number of nitrogens with two attached hydrogens (primary N) is 1. The zero-order valence-corrected chi connectivity index (χ0v) is 14.4. The minimum atomic E-state index is -4.55. The normalized spacial score (nSPS) is 11.8. The number of nitrogens with zero attached hydrogens (tertiary/aromatic N) is 3. The highest BCUT2D eigenvalue weighted by Crippen LogP contribution is 2.35. The Morgan fingerprint density at radius 1 is 1.15 bits per heavy atom. The summed E-state index contributed by atoms with van der Waals surface area (Å²) in [5.74, 6) is 0.411. The number of hydrogen-bond acceptors (Lipinski definition) is 7. The topological polar surface area (TPSA) is 89.9 Å². The Morgan fingerprint density at radius 3 is 2.74 bits per heavy atom. The molecule has 0 amide bonds. The molecule has 0 bridgehead atoms. The van der Waals surface area contributed by atoms with Gasteiger partial charge in [0, 0.05) is 5.56 Å². The number of nitrogens with one attached hydrogen (secondary N) is 1. The van der Waals surface area contributed by atoms with Crippen LogP contribution in [0.25, 0.3) is 21.3 Å². The van der Waals surface area contributed by atoms with Crippen LogP contribution in [-0.2, 0) is 12.7 Å². The SMILES string of the molecule is Nc1nc2cc(-c3ccc(C(F)(F)F)nc3NCc3ncco3)ccc2s1. The largest absolute Gasteiger partial charge is 0.447 e. The van der Waals surface area contributed by atoms with Crippen molar-refractivity contribution >= 4 is 32.5 Å². The summed E-state index contributed by atoms with van der Waals surface area (Å²) in [6.07, 6.45) is -1.71. The molecule has 1 aromatic carbocycles. The number of aromatic nitrogens is 3. The first kappa shape index (κ1) is 17.3. The predicted molar refractivity (Wildman–Crippen MR) is 96.1 cm³/mol. The van der Waals surface area contributed by atoms with Gasteiger partial charge in [-0.2, -0.15) is 13.2 Å². The molecule has 3 heterocycles. The number of benzene rings is 1. The second kappa shape index (κ2) is 6.54. The minimum absolute atomic E-state index is 0.0746. The number of hydrogen-bond donors (Lipinski definition) is 2. The van der Waals surface area contributed by atoms with E-state index < -0.39 is 11.9 Å². The summed E-state index contributed by atoms with van der Waals surface area (Å²) in [5.41, 5.74) is 6.58. The highest BCUT2D eigenvalue weighted by atomic mass is 32.1. The van der Waals surface area contributed by atoms with Crippen molar-refractivity contribution in [2.24, 2.45) is 0 Å². The third-order valence-corrected chi connectivity index (χ3v) is 4.66. The number of fused-ring (bicyclic) bond motifs is 1. The molecule has 3 aromatic heterocycles. The number of oxazole rings is 1. The fraction of sp³-hybridized carbons (Fsp3) is 0.118. The molecule has 0 radical (unpaired) electrons. The Labute approximate surface area is 154 Å². The van der Waals surface area contributed by atoms with E-state index in [0.717, 1.165) is 10.8 Å². The second-order valence-corrected chi connectivity index (χ2v) is 6.67. The number of alkyl halides is 3. The van der Waals surface area contributed by atoms with Gasteiger partial charge in [-0.1, -0.05) is 17.4 Å². The summed E-state index contributed by atoms with van der Waals surface area (Å²) in [5, 5.41) is 3.30. The zero-order valence-electron chi connectivity index (χ0n) is 13.6. The molecule has 4 aromatic rings. The van der Waals surface area contributed by atoms with Gasteiger partial charge in [-0.3, -0.25) is 0 Å². The first-order chi connectivity index (χ1) is 12.9. The summed E-state index contributed by atoms with van der Waals surface area (Å²) < 4.78 is 45.3. The maximum Gasteiger partial charge on any atom is 0.433 e. The van der Waals surface area contributed by atoms with Crippen LogP contribution in [0.1, 0.15) is 11.6 Å². The van der Waals surface area contributed by atoms with E-state index in [-0.39, 0.29) is 12.4 Å². The summed E-state index contributed by atoms with van der Waals surface area (Å²) in [6.45, 7) is 0.0974. The van der Waals surface area contributed by atoms with Crippen LogP contribution in [0.4, 0.5) is 24.1 Å². The van der Waals surface area contributed by atoms with Crippen molar-refractivity contribution in [3.8, 4) is 11.1 Å². The average molecular weight is 391 g/mol. The van der Waals surface area contributed by atoms with Gasteiger partial charge in [-0.15, -0.1) is 0 Å². The van der Waals surface area contributed by atoms with Gasteiger partial charge in [0.2, 0.25) is 5.89 Å². The van der Waals surface area contributed by atoms with Gasteiger partial charge < -0.3 is 15.5 Å². The molecule has 0 spiro atoms. The Kier molecular flexibility index (Phi) is 4.19. The number of halogens is 3. The van der Waals surface area contributed by atoms with Crippen LogP contribution in [-0.4, -0.2) is 15.0 Å². The molecule has 10 heteroatoms. The molecule has 0 atom stereocenters. The van der Waals surface area contributed by atoms with Crippen molar-refractivity contribution in [2.45, 2.75) is 12.7 Å². The number of thiazole rings is 1. The Morgan fingerprint density at radius 2 is 2.00 bits per heavy atom. The van der Waals surface area contributed by atoms with Crippen LogP contribution in [0.5, 0.6) is 0 Å². The Balaban J connectivity index is 1.76. The number of pyridine rings is 1. The molecular weight excluding hydrogens is 379 g/mol. The van der Waals surface area contributed by atoms with Crippen LogP contribution in [0, 0.1) is 0 Å². The summed E-state index contributed by atoms with van der Waals surface area (Å²) in [6, 6.07) is 7.72. The third kappa shape index (κ3) is 3.56. The summed E-state index contributed by atoms with van der Waals surface area (Å²) >= 11 is 1.34. The average Bonchev–Trinajstić information content (AvgIpc) is 3.26. The smallest absolute Gasteiger partial charge is 0.433 e. The lowest BCUT2D eigenvalue weighted by Crippen LogP contribution is -2.11. The standard InChI is InChI=1S/C17H12F3N5OS/c18-17(19,20)13-4-2-10(15(25-13)23-8-14-22-5-6-26-14)9-1-3-12-11(7-9)24-16(21)27-12/h1-7H,8H2,(H2,21,24)(H,23,25). The highest BCUT2D eigenvalue weighted by Gasteiger charge is 2.33. The fourth-order valence-corrected chi connectivity index (χ4v) is 3.31. The number of rotatable bonds is 4. The van der Waals surface area contributed by atoms with Gasteiger partial charge in [0.15, 0.2) is 5.13 Å². The van der Waals surface area contributed by atoms with Gasteiger partial charge in [0.05, 0.1) is 23.0 Å². The van der Waals surface area contributed by atoms with E-state index in [1.54, 1.807) is 12.1 Å². The van der Waals surface area contributed by atoms with Gasteiger partial charge in [-0.25, -0.2) is 15.0 Å². The Hall–Kier alpha value is -3.14. The highest BCUT2D eigenvalue weighted by molar-refractivity contribution is 7.22. The maximum absolute atomic E-state index is 13.1. The predicted octanol–water partition coefficient (Wildman–Crippen LogP) is 4.56. The number of nitrogen functional groups attached to an aromatic ring is 1. The van der Waals surface area contributed by atoms with E-state index in [0.29, 0.717) is 27.7 Å². The lowest BCUT2D eigenvalue weighted by molar-refractivity contribution is -0.141. The van der Waals surface area contributed by atoms with E-state index in [9.17, 15) is 13.2 Å². The maximum atomic E-state index is 13.1. The van der Waals surface area contributed by atoms with Crippen LogP contribution in [0.3, 0.4) is 0 Å². The van der Waals surface area contributed by atoms with Crippen molar-refractivity contribution in [3.63, 3.8) is 0 Å². The lowest BCUT2D eigenvalue weighted by atomic mass is 10.1. The van der Waals surface area contributed by atoms with Gasteiger partial charge in [0.25, 0.3) is 0 Å². The van der Waals surface area contributed by atoms with E-state index in [1.165, 1.54) is 29.9 Å². The molecule has 0 saturated heterocycles. The van der Waals surface area contributed by atoms with Crippen LogP contribution < -0.4 is 11.1 Å². The molecular formula is C17H12F3N5OS. The molecule has 4 rings (SSSR count). The quantitative estimate of drug-likeness (QED) is 0.530. The molecule has 0 aliphatic heterocycles. The fourth-order valence-electron chi connectivity index (χ4n) is 2.60. The summed E-state index contributed by atoms with van der Waals surface area (Å²) in [7, 11) is 0.